The van der Waals surface area contributed by atoms with E-state index in [9.17, 15) is 13.6 Å². The predicted octanol–water partition coefficient (Wildman–Crippen LogP) is 1.34. The Balaban J connectivity index is 0.00000324. The van der Waals surface area contributed by atoms with Gasteiger partial charge in [0.2, 0.25) is 5.91 Å². The summed E-state index contributed by atoms with van der Waals surface area (Å²) in [6.45, 7) is -1.55. The number of nitrogens with two attached hydrogens (primary N) is 1. The summed E-state index contributed by atoms with van der Waals surface area (Å²) in [5, 5.41) is 2.07. The Hall–Kier alpha value is -1.24. The van der Waals surface area contributed by atoms with E-state index in [2.05, 4.69) is 5.32 Å². The monoisotopic (exact) mass is 294 g/mol. The van der Waals surface area contributed by atoms with Gasteiger partial charge in [0.15, 0.2) is 0 Å². The van der Waals surface area contributed by atoms with E-state index in [0.717, 1.165) is 5.56 Å². The molecule has 0 unspecified atom stereocenters. The Labute approximate surface area is 116 Å². The topological polar surface area (TPSA) is 64.3 Å². The maximum Gasteiger partial charge on any atom is 0.277 e. The van der Waals surface area contributed by atoms with E-state index in [-0.39, 0.29) is 25.6 Å². The molecule has 0 atom stereocenters. The molecule has 7 heteroatoms. The van der Waals surface area contributed by atoms with E-state index in [1.165, 1.54) is 0 Å². The Morgan fingerprint density at radius 1 is 1.32 bits per heavy atom. The van der Waals surface area contributed by atoms with Gasteiger partial charge in [-0.3, -0.25) is 4.79 Å². The lowest BCUT2D eigenvalue weighted by molar-refractivity contribution is -0.127. The van der Waals surface area contributed by atoms with Crippen molar-refractivity contribution in [3.63, 3.8) is 0 Å². The zero-order valence-electron chi connectivity index (χ0n) is 10.3. The Bertz CT molecular complexity index is 377. The molecule has 0 radical (unpaired) electrons. The van der Waals surface area contributed by atoms with E-state index in [1.54, 1.807) is 0 Å². The van der Waals surface area contributed by atoms with Crippen molar-refractivity contribution < 1.29 is 18.3 Å². The number of amides is 1. The Morgan fingerprint density at radius 2 is 1.95 bits per heavy atom. The molecule has 3 N–H and O–H groups in total. The highest BCUT2D eigenvalue weighted by Gasteiger charge is 2.26. The van der Waals surface area contributed by atoms with Gasteiger partial charge >= 0.3 is 0 Å². The molecule has 1 rings (SSSR count). The summed E-state index contributed by atoms with van der Waals surface area (Å²) in [7, 11) is 0. The van der Waals surface area contributed by atoms with Gasteiger partial charge in [-0.15, -0.1) is 12.4 Å². The van der Waals surface area contributed by atoms with Crippen LogP contribution in [-0.2, 0) is 16.1 Å². The maximum absolute atomic E-state index is 12.7. The minimum Gasteiger partial charge on any atom is -0.367 e. The highest BCUT2D eigenvalue weighted by molar-refractivity contribution is 5.85. The van der Waals surface area contributed by atoms with Crippen LogP contribution in [-0.4, -0.2) is 31.5 Å². The fourth-order valence-electron chi connectivity index (χ4n) is 1.19. The van der Waals surface area contributed by atoms with Crippen molar-refractivity contribution in [3.05, 3.63) is 35.9 Å². The number of benzene rings is 1. The van der Waals surface area contributed by atoms with Gasteiger partial charge in [0, 0.05) is 0 Å². The fourth-order valence-corrected chi connectivity index (χ4v) is 1.19. The number of halogens is 3. The molecule has 0 fully saturated rings. The van der Waals surface area contributed by atoms with Crippen molar-refractivity contribution in [2.24, 2.45) is 5.73 Å². The molecule has 0 heterocycles. The molecule has 4 nitrogen and oxygen atoms in total. The largest absolute Gasteiger partial charge is 0.367 e. The van der Waals surface area contributed by atoms with Crippen LogP contribution in [0.15, 0.2) is 30.3 Å². The van der Waals surface area contributed by atoms with Crippen LogP contribution >= 0.6 is 12.4 Å². The third-order valence-electron chi connectivity index (χ3n) is 2.19. The molecule has 1 amide bonds. The molecule has 0 aliphatic carbocycles. The smallest absolute Gasteiger partial charge is 0.277 e. The molecular weight excluding hydrogens is 278 g/mol. The first kappa shape index (κ1) is 17.8. The van der Waals surface area contributed by atoms with Crippen LogP contribution in [0.5, 0.6) is 0 Å². The second-order valence-corrected chi connectivity index (χ2v) is 3.82. The molecular formula is C12H17ClF2N2O2. The van der Waals surface area contributed by atoms with E-state index < -0.39 is 24.9 Å². The van der Waals surface area contributed by atoms with Crippen LogP contribution in [0.25, 0.3) is 0 Å². The van der Waals surface area contributed by atoms with Crippen LogP contribution in [0.2, 0.25) is 0 Å². The molecule has 0 aliphatic rings. The lowest BCUT2D eigenvalue weighted by Gasteiger charge is -2.14. The number of hydrogen-bond donors (Lipinski definition) is 2. The first-order valence-corrected chi connectivity index (χ1v) is 5.50. The summed E-state index contributed by atoms with van der Waals surface area (Å²) >= 11 is 0. The first-order valence-electron chi connectivity index (χ1n) is 5.50. The standard InChI is InChI=1S/C12H16F2N2O2.ClH/c13-12(14,8-15)9-16-11(17)7-18-6-10-4-2-1-3-5-10;/h1-5H,6-9,15H2,(H,16,17);1H. The molecule has 1 aromatic carbocycles. The third-order valence-corrected chi connectivity index (χ3v) is 2.19. The number of rotatable bonds is 7. The SMILES string of the molecule is Cl.NCC(F)(F)CNC(=O)COCc1ccccc1. The lowest BCUT2D eigenvalue weighted by atomic mass is 10.2. The quantitative estimate of drug-likeness (QED) is 0.797. The molecule has 0 spiro atoms. The van der Waals surface area contributed by atoms with Gasteiger partial charge in [-0.1, -0.05) is 30.3 Å². The second-order valence-electron chi connectivity index (χ2n) is 3.82. The fraction of sp³-hybridized carbons (Fsp3) is 0.417. The minimum absolute atomic E-state index is 0. The van der Waals surface area contributed by atoms with Crippen LogP contribution < -0.4 is 11.1 Å². The van der Waals surface area contributed by atoms with Gasteiger partial charge in [0.25, 0.3) is 5.92 Å². The average Bonchev–Trinajstić information content (AvgIpc) is 2.38. The van der Waals surface area contributed by atoms with E-state index in [1.807, 2.05) is 30.3 Å². The van der Waals surface area contributed by atoms with Crippen molar-refractivity contribution >= 4 is 18.3 Å². The summed E-state index contributed by atoms with van der Waals surface area (Å²) in [6.07, 6.45) is 0. The molecule has 0 bridgehead atoms. The molecule has 19 heavy (non-hydrogen) atoms. The number of hydrogen-bond acceptors (Lipinski definition) is 3. The number of carbonyl (C=O) groups excluding carboxylic acids is 1. The van der Waals surface area contributed by atoms with Crippen molar-refractivity contribution in [3.8, 4) is 0 Å². The van der Waals surface area contributed by atoms with Crippen molar-refractivity contribution in [1.82, 2.24) is 5.32 Å². The Kier molecular flexibility index (Phi) is 8.22. The van der Waals surface area contributed by atoms with Crippen LogP contribution in [0.3, 0.4) is 0 Å². The minimum atomic E-state index is -3.07. The summed E-state index contributed by atoms with van der Waals surface area (Å²) in [4.78, 5) is 11.2. The van der Waals surface area contributed by atoms with Gasteiger partial charge in [-0.25, -0.2) is 8.78 Å². The normalized spacial score (nSPS) is 10.7. The number of nitrogens with one attached hydrogen (secondary N) is 1. The number of ether oxygens (including phenoxy) is 1. The number of carbonyl (C=O) groups is 1. The highest BCUT2D eigenvalue weighted by Crippen LogP contribution is 2.08. The van der Waals surface area contributed by atoms with Crippen LogP contribution in [0, 0.1) is 0 Å². The highest BCUT2D eigenvalue weighted by atomic mass is 35.5. The zero-order valence-corrected chi connectivity index (χ0v) is 11.1. The molecule has 0 saturated carbocycles. The van der Waals surface area contributed by atoms with Crippen molar-refractivity contribution in [2.75, 3.05) is 19.7 Å². The predicted molar refractivity (Wildman–Crippen MR) is 70.4 cm³/mol. The first-order chi connectivity index (χ1) is 8.53. The third kappa shape index (κ3) is 7.71. The lowest BCUT2D eigenvalue weighted by Crippen LogP contribution is -2.42. The Morgan fingerprint density at radius 3 is 2.53 bits per heavy atom. The van der Waals surface area contributed by atoms with E-state index >= 15 is 0 Å². The summed E-state index contributed by atoms with van der Waals surface area (Å²) < 4.78 is 30.5. The van der Waals surface area contributed by atoms with Crippen molar-refractivity contribution in [2.45, 2.75) is 12.5 Å². The van der Waals surface area contributed by atoms with Gasteiger partial charge in [-0.05, 0) is 5.56 Å². The molecule has 108 valence electrons. The number of alkyl halides is 2. The molecule has 0 aliphatic heterocycles. The molecule has 0 aromatic heterocycles. The maximum atomic E-state index is 12.7. The van der Waals surface area contributed by atoms with Crippen molar-refractivity contribution in [1.29, 1.82) is 0 Å². The van der Waals surface area contributed by atoms with Gasteiger partial charge in [0.1, 0.15) is 6.61 Å². The van der Waals surface area contributed by atoms with Gasteiger partial charge < -0.3 is 15.8 Å². The van der Waals surface area contributed by atoms with Gasteiger partial charge in [-0.2, -0.15) is 0 Å². The zero-order chi connectivity index (χ0) is 13.4. The van der Waals surface area contributed by atoms with Gasteiger partial charge in [0.05, 0.1) is 19.7 Å². The van der Waals surface area contributed by atoms with E-state index in [4.69, 9.17) is 10.5 Å². The summed E-state index contributed by atoms with van der Waals surface area (Å²) in [5.74, 6) is -3.66. The molecule has 1 aromatic rings. The average molecular weight is 295 g/mol. The van der Waals surface area contributed by atoms with E-state index in [0.29, 0.717) is 0 Å². The summed E-state index contributed by atoms with van der Waals surface area (Å²) in [5.41, 5.74) is 5.75. The summed E-state index contributed by atoms with van der Waals surface area (Å²) in [6, 6.07) is 9.26. The second kappa shape index (κ2) is 8.79. The molecule has 0 saturated heterocycles. The van der Waals surface area contributed by atoms with Crippen LogP contribution in [0.1, 0.15) is 5.56 Å². The van der Waals surface area contributed by atoms with Crippen LogP contribution in [0.4, 0.5) is 8.78 Å².